The minimum atomic E-state index is -3.27. The van der Waals surface area contributed by atoms with Crippen LogP contribution < -0.4 is 24.8 Å². The van der Waals surface area contributed by atoms with Gasteiger partial charge in [0.15, 0.2) is 17.5 Å². The fourth-order valence-electron chi connectivity index (χ4n) is 2.71. The molecule has 1 aromatic rings. The zero-order chi connectivity index (χ0) is 19.7. The van der Waals surface area contributed by atoms with Gasteiger partial charge in [-0.1, -0.05) is 12.5 Å². The van der Waals surface area contributed by atoms with E-state index in [1.165, 1.54) is 6.42 Å². The Hall–Kier alpha value is -2.00. The Morgan fingerprint density at radius 1 is 1.19 bits per heavy atom. The van der Waals surface area contributed by atoms with Gasteiger partial charge < -0.3 is 20.1 Å². The molecule has 1 aliphatic carbocycles. The van der Waals surface area contributed by atoms with Gasteiger partial charge in [0.25, 0.3) is 0 Å². The molecule has 3 N–H and O–H groups in total. The standard InChI is InChI=1S/C18H30N4O4S/c1-19-18(20-9-10-27(23,24)22-13-14-5-4-6-14)21-12-15-7-8-16(25-2)17(11-15)26-3/h7-8,11,14,22H,4-6,9-10,12-13H2,1-3H3,(H2,19,20,21). The van der Waals surface area contributed by atoms with Crippen molar-refractivity contribution in [1.82, 2.24) is 15.4 Å². The molecule has 2 rings (SSSR count). The van der Waals surface area contributed by atoms with Gasteiger partial charge in [0, 0.05) is 26.7 Å². The van der Waals surface area contributed by atoms with Gasteiger partial charge in [-0.3, -0.25) is 4.99 Å². The van der Waals surface area contributed by atoms with Gasteiger partial charge >= 0.3 is 0 Å². The molecule has 27 heavy (non-hydrogen) atoms. The second-order valence-corrected chi connectivity index (χ2v) is 8.43. The van der Waals surface area contributed by atoms with Crippen LogP contribution in [0.2, 0.25) is 0 Å². The number of nitrogens with zero attached hydrogens (tertiary/aromatic N) is 1. The number of hydrogen-bond acceptors (Lipinski definition) is 5. The smallest absolute Gasteiger partial charge is 0.213 e. The van der Waals surface area contributed by atoms with E-state index in [-0.39, 0.29) is 12.3 Å². The van der Waals surface area contributed by atoms with Crippen molar-refractivity contribution in [3.05, 3.63) is 23.8 Å². The highest BCUT2D eigenvalue weighted by molar-refractivity contribution is 7.89. The number of hydrogen-bond donors (Lipinski definition) is 3. The number of ether oxygens (including phenoxy) is 2. The van der Waals surface area contributed by atoms with E-state index in [0.717, 1.165) is 18.4 Å². The Labute approximate surface area is 161 Å². The first-order valence-corrected chi connectivity index (χ1v) is 10.8. The van der Waals surface area contributed by atoms with Crippen LogP contribution in [-0.4, -0.2) is 54.5 Å². The summed E-state index contributed by atoms with van der Waals surface area (Å²) in [5.74, 6) is 2.38. The number of methoxy groups -OCH3 is 2. The maximum absolute atomic E-state index is 12.0. The van der Waals surface area contributed by atoms with Gasteiger partial charge in [-0.2, -0.15) is 0 Å². The molecule has 9 heteroatoms. The van der Waals surface area contributed by atoms with E-state index in [9.17, 15) is 8.42 Å². The molecule has 0 spiro atoms. The summed E-state index contributed by atoms with van der Waals surface area (Å²) in [6.45, 7) is 1.35. The minimum absolute atomic E-state index is 0.0107. The zero-order valence-corrected chi connectivity index (χ0v) is 17.1. The fourth-order valence-corrected chi connectivity index (χ4v) is 3.72. The average molecular weight is 399 g/mol. The van der Waals surface area contributed by atoms with Crippen LogP contribution in [0.4, 0.5) is 0 Å². The highest BCUT2D eigenvalue weighted by Crippen LogP contribution is 2.27. The minimum Gasteiger partial charge on any atom is -0.493 e. The number of guanidine groups is 1. The summed E-state index contributed by atoms with van der Waals surface area (Å²) < 4.78 is 37.2. The first-order chi connectivity index (χ1) is 13.0. The summed E-state index contributed by atoms with van der Waals surface area (Å²) in [5, 5.41) is 6.18. The number of nitrogens with one attached hydrogen (secondary N) is 3. The molecule has 0 unspecified atom stereocenters. The van der Waals surface area contributed by atoms with Crippen LogP contribution in [0.25, 0.3) is 0 Å². The van der Waals surface area contributed by atoms with Crippen molar-refractivity contribution >= 4 is 16.0 Å². The lowest BCUT2D eigenvalue weighted by atomic mass is 9.86. The molecule has 152 valence electrons. The topological polar surface area (TPSA) is 101 Å². The van der Waals surface area contributed by atoms with Crippen LogP contribution >= 0.6 is 0 Å². The van der Waals surface area contributed by atoms with E-state index in [2.05, 4.69) is 20.3 Å². The van der Waals surface area contributed by atoms with Gasteiger partial charge in [0.2, 0.25) is 10.0 Å². The SMILES string of the molecule is CN=C(NCCS(=O)(=O)NCC1CCC1)NCc1ccc(OC)c(OC)c1. The van der Waals surface area contributed by atoms with Crippen LogP contribution in [0.5, 0.6) is 11.5 Å². The van der Waals surface area contributed by atoms with Gasteiger partial charge in [0.05, 0.1) is 20.0 Å². The molecule has 0 amide bonds. The molecule has 8 nitrogen and oxygen atoms in total. The maximum atomic E-state index is 12.0. The first kappa shape index (κ1) is 21.3. The van der Waals surface area contributed by atoms with Crippen LogP contribution in [0.3, 0.4) is 0 Å². The largest absolute Gasteiger partial charge is 0.493 e. The van der Waals surface area contributed by atoms with E-state index >= 15 is 0 Å². The van der Waals surface area contributed by atoms with E-state index < -0.39 is 10.0 Å². The lowest BCUT2D eigenvalue weighted by Gasteiger charge is -2.25. The second kappa shape index (κ2) is 10.4. The van der Waals surface area contributed by atoms with Crippen molar-refractivity contribution in [3.8, 4) is 11.5 Å². The van der Waals surface area contributed by atoms with E-state index in [1.54, 1.807) is 21.3 Å². The molecule has 0 radical (unpaired) electrons. The predicted molar refractivity (Wildman–Crippen MR) is 107 cm³/mol. The molecule has 1 saturated carbocycles. The van der Waals surface area contributed by atoms with Gasteiger partial charge in [-0.05, 0) is 36.5 Å². The normalized spacial score (nSPS) is 15.1. The Balaban J connectivity index is 1.75. The Morgan fingerprint density at radius 2 is 1.93 bits per heavy atom. The molecule has 0 aliphatic heterocycles. The van der Waals surface area contributed by atoms with Crippen molar-refractivity contribution in [1.29, 1.82) is 0 Å². The fraction of sp³-hybridized carbons (Fsp3) is 0.611. The van der Waals surface area contributed by atoms with E-state index in [4.69, 9.17) is 9.47 Å². The van der Waals surface area contributed by atoms with E-state index in [1.807, 2.05) is 18.2 Å². The number of aliphatic imine (C=N–C) groups is 1. The molecule has 0 aromatic heterocycles. The zero-order valence-electron chi connectivity index (χ0n) is 16.2. The summed E-state index contributed by atoms with van der Waals surface area (Å²) in [7, 11) is 1.57. The third-order valence-corrected chi connectivity index (χ3v) is 5.96. The summed E-state index contributed by atoms with van der Waals surface area (Å²) in [4.78, 5) is 4.12. The van der Waals surface area contributed by atoms with Crippen molar-refractivity contribution in [3.63, 3.8) is 0 Å². The quantitative estimate of drug-likeness (QED) is 0.403. The summed E-state index contributed by atoms with van der Waals surface area (Å²) in [6.07, 6.45) is 3.44. The number of sulfonamides is 1. The Kier molecular flexibility index (Phi) is 8.18. The van der Waals surface area contributed by atoms with Crippen LogP contribution in [0, 0.1) is 5.92 Å². The second-order valence-electron chi connectivity index (χ2n) is 6.51. The van der Waals surface area contributed by atoms with Crippen molar-refractivity contribution in [2.75, 3.05) is 40.1 Å². The first-order valence-electron chi connectivity index (χ1n) is 9.10. The highest BCUT2D eigenvalue weighted by Gasteiger charge is 2.20. The molecule has 1 aliphatic rings. The van der Waals surface area contributed by atoms with Crippen molar-refractivity contribution in [2.45, 2.75) is 25.8 Å². The Morgan fingerprint density at radius 3 is 2.52 bits per heavy atom. The van der Waals surface area contributed by atoms with Crippen molar-refractivity contribution < 1.29 is 17.9 Å². The lowest BCUT2D eigenvalue weighted by molar-refractivity contribution is 0.316. The molecule has 0 atom stereocenters. The Bertz CT molecular complexity index is 733. The van der Waals surface area contributed by atoms with Crippen LogP contribution in [0.15, 0.2) is 23.2 Å². The van der Waals surface area contributed by atoms with Gasteiger partial charge in [0.1, 0.15) is 0 Å². The molecule has 0 saturated heterocycles. The molecule has 0 bridgehead atoms. The van der Waals surface area contributed by atoms with Gasteiger partial charge in [-0.25, -0.2) is 13.1 Å². The highest BCUT2D eigenvalue weighted by atomic mass is 32.2. The summed E-state index contributed by atoms with van der Waals surface area (Å²) >= 11 is 0. The molecule has 1 fully saturated rings. The summed E-state index contributed by atoms with van der Waals surface area (Å²) in [6, 6.07) is 5.65. The third kappa shape index (κ3) is 6.91. The molecule has 1 aromatic carbocycles. The molecular formula is C18H30N4O4S. The van der Waals surface area contributed by atoms with Crippen LogP contribution in [-0.2, 0) is 16.6 Å². The maximum Gasteiger partial charge on any atom is 0.213 e. The monoisotopic (exact) mass is 398 g/mol. The van der Waals surface area contributed by atoms with Crippen molar-refractivity contribution in [2.24, 2.45) is 10.9 Å². The number of benzene rings is 1. The lowest BCUT2D eigenvalue weighted by Crippen LogP contribution is -2.41. The van der Waals surface area contributed by atoms with E-state index in [0.29, 0.717) is 36.5 Å². The third-order valence-electron chi connectivity index (χ3n) is 4.61. The predicted octanol–water partition coefficient (Wildman–Crippen LogP) is 1.09. The summed E-state index contributed by atoms with van der Waals surface area (Å²) in [5.41, 5.74) is 0.991. The molecular weight excluding hydrogens is 368 g/mol. The average Bonchev–Trinajstić information content (AvgIpc) is 2.62. The molecule has 0 heterocycles. The van der Waals surface area contributed by atoms with Crippen LogP contribution in [0.1, 0.15) is 24.8 Å². The van der Waals surface area contributed by atoms with Gasteiger partial charge in [-0.15, -0.1) is 0 Å². The number of rotatable bonds is 10.